The third-order valence-electron chi connectivity index (χ3n) is 3.54. The average molecular weight is 301 g/mol. The molecular weight excluding hydrogens is 270 g/mol. The summed E-state index contributed by atoms with van der Waals surface area (Å²) in [6, 6.07) is 0. The van der Waals surface area contributed by atoms with Gasteiger partial charge in [0.2, 0.25) is 5.91 Å². The summed E-state index contributed by atoms with van der Waals surface area (Å²) in [4.78, 5) is 21.9. The van der Waals surface area contributed by atoms with Gasteiger partial charge in [0.15, 0.2) is 0 Å². The number of hydroxylamine groups is 2. The fourth-order valence-corrected chi connectivity index (χ4v) is 2.20. The normalized spacial score (nSPS) is 10.6. The lowest BCUT2D eigenvalue weighted by atomic mass is 10.1. The van der Waals surface area contributed by atoms with E-state index >= 15 is 0 Å². The molecule has 0 atom stereocenters. The average Bonchev–Trinajstić information content (AvgIpc) is 2.45. The van der Waals surface area contributed by atoms with E-state index < -0.39 is 5.97 Å². The molecule has 0 aromatic rings. The van der Waals surface area contributed by atoms with E-state index in [4.69, 9.17) is 5.11 Å². The van der Waals surface area contributed by atoms with Gasteiger partial charge in [0.05, 0.1) is 0 Å². The Kier molecular flexibility index (Phi) is 13.1. The van der Waals surface area contributed by atoms with Gasteiger partial charge in [0.25, 0.3) is 0 Å². The monoisotopic (exact) mass is 301 g/mol. The number of amides is 1. The van der Waals surface area contributed by atoms with Crippen molar-refractivity contribution in [3.63, 3.8) is 0 Å². The zero-order valence-corrected chi connectivity index (χ0v) is 13.4. The Morgan fingerprint density at radius 2 is 1.33 bits per heavy atom. The summed E-state index contributed by atoms with van der Waals surface area (Å²) < 4.78 is 0. The van der Waals surface area contributed by atoms with Gasteiger partial charge < -0.3 is 5.11 Å². The number of hydrogen-bond donors (Lipinski definition) is 2. The predicted molar refractivity (Wildman–Crippen MR) is 82.2 cm³/mol. The first-order valence-electron chi connectivity index (χ1n) is 8.29. The van der Waals surface area contributed by atoms with Crippen molar-refractivity contribution in [2.24, 2.45) is 0 Å². The molecule has 0 saturated heterocycles. The second-order valence-electron chi connectivity index (χ2n) is 5.59. The second kappa shape index (κ2) is 13.9. The number of carbonyl (C=O) groups is 2. The first kappa shape index (κ1) is 19.9. The smallest absolute Gasteiger partial charge is 0.303 e. The summed E-state index contributed by atoms with van der Waals surface area (Å²) in [6.07, 6.45) is 10.8. The van der Waals surface area contributed by atoms with Crippen molar-refractivity contribution in [2.75, 3.05) is 6.54 Å². The Morgan fingerprint density at radius 1 is 0.810 bits per heavy atom. The highest BCUT2D eigenvalue weighted by Gasteiger charge is 2.10. The molecule has 0 radical (unpaired) electrons. The van der Waals surface area contributed by atoms with E-state index in [0.717, 1.165) is 24.3 Å². The lowest BCUT2D eigenvalue weighted by molar-refractivity contribution is -0.165. The highest BCUT2D eigenvalue weighted by Crippen LogP contribution is 2.10. The quantitative estimate of drug-likeness (QED) is 0.289. The van der Waals surface area contributed by atoms with Gasteiger partial charge >= 0.3 is 5.97 Å². The minimum absolute atomic E-state index is 0.0834. The second-order valence-corrected chi connectivity index (χ2v) is 5.59. The Balaban J connectivity index is 3.41. The highest BCUT2D eigenvalue weighted by atomic mass is 16.5. The molecule has 5 nitrogen and oxygen atoms in total. The molecule has 1 amide bonds. The summed E-state index contributed by atoms with van der Waals surface area (Å²) in [5.74, 6) is -1.10. The molecule has 0 rings (SSSR count). The number of carboxylic acid groups (broad SMARTS) is 1. The number of unbranched alkanes of at least 4 members (excludes halogenated alkanes) is 8. The van der Waals surface area contributed by atoms with Gasteiger partial charge in [-0.1, -0.05) is 51.9 Å². The first-order valence-corrected chi connectivity index (χ1v) is 8.29. The van der Waals surface area contributed by atoms with Crippen LogP contribution >= 0.6 is 0 Å². The maximum Gasteiger partial charge on any atom is 0.303 e. The van der Waals surface area contributed by atoms with E-state index in [1.165, 1.54) is 32.1 Å². The molecule has 21 heavy (non-hydrogen) atoms. The van der Waals surface area contributed by atoms with Crippen LogP contribution in [-0.2, 0) is 9.59 Å². The maximum atomic E-state index is 11.6. The summed E-state index contributed by atoms with van der Waals surface area (Å²) in [7, 11) is 0. The molecule has 0 aromatic heterocycles. The van der Waals surface area contributed by atoms with E-state index in [1.54, 1.807) is 0 Å². The van der Waals surface area contributed by atoms with Crippen molar-refractivity contribution in [3.05, 3.63) is 0 Å². The zero-order valence-electron chi connectivity index (χ0n) is 13.4. The van der Waals surface area contributed by atoms with Crippen molar-refractivity contribution in [3.8, 4) is 0 Å². The molecule has 124 valence electrons. The molecule has 0 aliphatic carbocycles. The summed E-state index contributed by atoms with van der Waals surface area (Å²) in [5, 5.41) is 18.7. The minimum atomic E-state index is -0.843. The van der Waals surface area contributed by atoms with Crippen LogP contribution in [0.15, 0.2) is 0 Å². The van der Waals surface area contributed by atoms with Crippen LogP contribution in [0, 0.1) is 0 Å². The van der Waals surface area contributed by atoms with Crippen molar-refractivity contribution in [1.82, 2.24) is 5.06 Å². The Labute approximate surface area is 128 Å². The fraction of sp³-hybridized carbons (Fsp3) is 0.875. The first-order chi connectivity index (χ1) is 10.1. The summed E-state index contributed by atoms with van der Waals surface area (Å²) in [5.41, 5.74) is 0. The van der Waals surface area contributed by atoms with Gasteiger partial charge in [-0.05, 0) is 19.3 Å². The number of aliphatic carboxylic acids is 1. The predicted octanol–water partition coefficient (Wildman–Crippen LogP) is 3.99. The molecule has 0 aliphatic heterocycles. The Bertz CT molecular complexity index is 281. The lowest BCUT2D eigenvalue weighted by Crippen LogP contribution is -2.28. The minimum Gasteiger partial charge on any atom is -0.481 e. The van der Waals surface area contributed by atoms with Gasteiger partial charge in [-0.25, -0.2) is 5.06 Å². The highest BCUT2D eigenvalue weighted by molar-refractivity contribution is 5.74. The largest absolute Gasteiger partial charge is 0.481 e. The van der Waals surface area contributed by atoms with Crippen molar-refractivity contribution in [2.45, 2.75) is 84.0 Å². The van der Waals surface area contributed by atoms with Crippen LogP contribution in [0.4, 0.5) is 0 Å². The van der Waals surface area contributed by atoms with Crippen LogP contribution < -0.4 is 0 Å². The van der Waals surface area contributed by atoms with E-state index in [9.17, 15) is 14.8 Å². The lowest BCUT2D eigenvalue weighted by Gasteiger charge is -2.14. The zero-order chi connectivity index (χ0) is 15.9. The van der Waals surface area contributed by atoms with Crippen molar-refractivity contribution >= 4 is 11.9 Å². The van der Waals surface area contributed by atoms with E-state index in [1.807, 2.05) is 0 Å². The molecule has 0 aromatic carbocycles. The number of nitrogens with zero attached hydrogens (tertiary/aromatic N) is 1. The van der Waals surface area contributed by atoms with Crippen LogP contribution in [0.5, 0.6) is 0 Å². The fourth-order valence-electron chi connectivity index (χ4n) is 2.20. The van der Waals surface area contributed by atoms with E-state index in [-0.39, 0.29) is 18.9 Å². The SMILES string of the molecule is CCCCCCCCCCC(=O)N(O)CCCCC(=O)O. The van der Waals surface area contributed by atoms with E-state index in [2.05, 4.69) is 6.92 Å². The number of hydrogen-bond acceptors (Lipinski definition) is 3. The van der Waals surface area contributed by atoms with Crippen molar-refractivity contribution in [1.29, 1.82) is 0 Å². The number of carboxylic acids is 1. The van der Waals surface area contributed by atoms with E-state index in [0.29, 0.717) is 19.3 Å². The molecule has 0 spiro atoms. The third kappa shape index (κ3) is 13.6. The van der Waals surface area contributed by atoms with Gasteiger partial charge in [0, 0.05) is 19.4 Å². The molecule has 0 unspecified atom stereocenters. The van der Waals surface area contributed by atoms with Crippen LogP contribution in [-0.4, -0.2) is 33.8 Å². The van der Waals surface area contributed by atoms with Crippen LogP contribution in [0.2, 0.25) is 0 Å². The number of carbonyl (C=O) groups excluding carboxylic acids is 1. The number of rotatable bonds is 14. The molecule has 0 bridgehead atoms. The van der Waals surface area contributed by atoms with Crippen LogP contribution in [0.1, 0.15) is 84.0 Å². The molecule has 2 N–H and O–H groups in total. The van der Waals surface area contributed by atoms with Crippen LogP contribution in [0.3, 0.4) is 0 Å². The molecule has 0 heterocycles. The Hall–Kier alpha value is -1.10. The molecule has 0 aliphatic rings. The maximum absolute atomic E-state index is 11.6. The van der Waals surface area contributed by atoms with Crippen LogP contribution in [0.25, 0.3) is 0 Å². The summed E-state index contributed by atoms with van der Waals surface area (Å²) >= 11 is 0. The van der Waals surface area contributed by atoms with Gasteiger partial charge in [-0.2, -0.15) is 0 Å². The third-order valence-corrected chi connectivity index (χ3v) is 3.54. The van der Waals surface area contributed by atoms with Gasteiger partial charge in [0.1, 0.15) is 0 Å². The molecular formula is C16H31NO4. The Morgan fingerprint density at radius 3 is 1.90 bits per heavy atom. The summed E-state index contributed by atoms with van der Waals surface area (Å²) in [6.45, 7) is 2.43. The molecule has 5 heteroatoms. The van der Waals surface area contributed by atoms with Crippen molar-refractivity contribution < 1.29 is 19.9 Å². The standard InChI is InChI=1S/C16H31NO4/c1-2-3-4-5-6-7-8-9-12-15(18)17(21)14-11-10-13-16(19)20/h21H,2-14H2,1H3,(H,19,20). The molecule has 0 saturated carbocycles. The van der Waals surface area contributed by atoms with Gasteiger partial charge in [-0.15, -0.1) is 0 Å². The molecule has 0 fully saturated rings. The van der Waals surface area contributed by atoms with Gasteiger partial charge in [-0.3, -0.25) is 14.8 Å². The topological polar surface area (TPSA) is 77.8 Å².